The molecule has 0 aliphatic carbocycles. The smallest absolute Gasteiger partial charge is 0.410 e. The maximum atomic E-state index is 12.5. The Hall–Kier alpha value is -6.34. The van der Waals surface area contributed by atoms with Crippen molar-refractivity contribution >= 4 is 63.9 Å². The zero-order valence-corrected chi connectivity index (χ0v) is 33.3. The number of nitrogen functional groups attached to an aromatic ring is 1. The van der Waals surface area contributed by atoms with E-state index < -0.39 is 60.2 Å². The van der Waals surface area contributed by atoms with Gasteiger partial charge in [0.15, 0.2) is 0 Å². The lowest BCUT2D eigenvalue weighted by molar-refractivity contribution is -0.137. The number of benzene rings is 1. The molecule has 1 fully saturated rings. The number of ether oxygens (including phenoxy) is 2. The molecule has 4 atom stereocenters. The number of rotatable bonds is 13. The summed E-state index contributed by atoms with van der Waals surface area (Å²) in [4.78, 5) is 93.4. The number of nitrogens with zero attached hydrogens (tertiary/aromatic N) is 3. The molecule has 2 aliphatic rings. The van der Waals surface area contributed by atoms with E-state index in [1.807, 2.05) is 12.3 Å². The Morgan fingerprint density at radius 2 is 1.72 bits per heavy atom. The summed E-state index contributed by atoms with van der Waals surface area (Å²) >= 11 is 0. The summed E-state index contributed by atoms with van der Waals surface area (Å²) in [5.74, 6) is -3.10. The van der Waals surface area contributed by atoms with E-state index in [1.54, 1.807) is 43.5 Å². The van der Waals surface area contributed by atoms with Crippen molar-refractivity contribution in [1.82, 2.24) is 35.7 Å². The van der Waals surface area contributed by atoms with Crippen molar-refractivity contribution in [2.75, 3.05) is 44.3 Å². The summed E-state index contributed by atoms with van der Waals surface area (Å²) in [6.45, 7) is 6.88. The summed E-state index contributed by atoms with van der Waals surface area (Å²) in [7, 11) is 1.42. The average molecular weight is 808 g/mol. The van der Waals surface area contributed by atoms with Crippen LogP contribution in [0.2, 0.25) is 0 Å². The number of amides is 7. The number of likely N-dealkylation sites (N-methyl/N-ethyl adjacent to an activating group) is 1. The number of carbonyl (C=O) groups is 7. The molecular weight excluding hydrogens is 754 g/mol. The Kier molecular flexibility index (Phi) is 18.3. The highest BCUT2D eigenvalue weighted by Gasteiger charge is 2.29. The van der Waals surface area contributed by atoms with Gasteiger partial charge in [-0.25, -0.2) is 4.79 Å². The number of carbonyl (C=O) groups excluding carboxylic acids is 7. The molecule has 2 aromatic heterocycles. The number of H-pyrrole nitrogens is 1. The van der Waals surface area contributed by atoms with Gasteiger partial charge in [-0.1, -0.05) is 32.4 Å². The minimum atomic E-state index is -0.937. The van der Waals surface area contributed by atoms with Crippen LogP contribution < -0.4 is 27.0 Å². The molecule has 0 bridgehead atoms. The summed E-state index contributed by atoms with van der Waals surface area (Å²) < 4.78 is 10.7. The second kappa shape index (κ2) is 23.0. The molecule has 19 nitrogen and oxygen atoms in total. The topological polar surface area (TPSA) is 267 Å². The third-order valence-electron chi connectivity index (χ3n) is 8.43. The summed E-state index contributed by atoms with van der Waals surface area (Å²) in [6, 6.07) is 8.79. The van der Waals surface area contributed by atoms with Gasteiger partial charge in [0.25, 0.3) is 11.8 Å². The van der Waals surface area contributed by atoms with Gasteiger partial charge in [-0.15, -0.1) is 0 Å². The summed E-state index contributed by atoms with van der Waals surface area (Å²) in [5.41, 5.74) is 9.25. The minimum Gasteiger partial charge on any atom is -0.445 e. The van der Waals surface area contributed by atoms with Gasteiger partial charge >= 0.3 is 6.09 Å². The van der Waals surface area contributed by atoms with Crippen LogP contribution in [-0.4, -0.2) is 124 Å². The second-order valence-electron chi connectivity index (χ2n) is 13.5. The molecule has 2 aliphatic heterocycles. The third kappa shape index (κ3) is 15.0. The molecule has 5 rings (SSSR count). The van der Waals surface area contributed by atoms with E-state index in [-0.39, 0.29) is 44.9 Å². The van der Waals surface area contributed by atoms with Gasteiger partial charge in [0.2, 0.25) is 23.6 Å². The molecule has 0 spiro atoms. The van der Waals surface area contributed by atoms with Gasteiger partial charge in [0, 0.05) is 50.2 Å². The largest absolute Gasteiger partial charge is 0.445 e. The quantitative estimate of drug-likeness (QED) is 0.121. The van der Waals surface area contributed by atoms with Crippen molar-refractivity contribution in [3.05, 3.63) is 66.5 Å². The van der Waals surface area contributed by atoms with Gasteiger partial charge in [0.1, 0.15) is 19.2 Å². The monoisotopic (exact) mass is 807 g/mol. The van der Waals surface area contributed by atoms with E-state index in [0.717, 1.165) is 38.7 Å². The summed E-state index contributed by atoms with van der Waals surface area (Å²) in [6.07, 6.45) is 5.55. The number of aromatic amines is 1. The molecule has 8 N–H and O–H groups in total. The highest BCUT2D eigenvalue weighted by atomic mass is 16.6. The predicted octanol–water partition coefficient (Wildman–Crippen LogP) is 1.35. The molecule has 1 aromatic carbocycles. The van der Waals surface area contributed by atoms with Crippen molar-refractivity contribution < 1.29 is 48.1 Å². The van der Waals surface area contributed by atoms with Crippen LogP contribution in [0.25, 0.3) is 11.0 Å². The first-order chi connectivity index (χ1) is 27.6. The van der Waals surface area contributed by atoms with Gasteiger partial charge in [0.05, 0.1) is 48.1 Å². The number of hydrogen-bond acceptors (Lipinski definition) is 12. The van der Waals surface area contributed by atoms with E-state index in [9.17, 15) is 38.7 Å². The summed E-state index contributed by atoms with van der Waals surface area (Å²) in [5, 5.41) is 20.0. The molecule has 2 unspecified atom stereocenters. The highest BCUT2D eigenvalue weighted by Crippen LogP contribution is 2.16. The van der Waals surface area contributed by atoms with Crippen molar-refractivity contribution in [3.63, 3.8) is 0 Å². The van der Waals surface area contributed by atoms with E-state index in [4.69, 9.17) is 15.2 Å². The molecule has 19 heteroatoms. The zero-order chi connectivity index (χ0) is 42.8. The second-order valence-corrected chi connectivity index (χ2v) is 13.5. The number of nitrogens with two attached hydrogens (primary N) is 1. The lowest BCUT2D eigenvalue weighted by Crippen LogP contribution is -2.52. The fourth-order valence-corrected chi connectivity index (χ4v) is 5.30. The standard InChI is InChI=1S/C29H38N6O10.C7H7N3.C3H8/c1-17(31-24(38)13-30-23(37)10-11-35-26(40)8-9-27(35)41)28(42)32-20-6-4-19(5-7-20)15-45-29(43)34(3)14-25(39)33-22-12-21(36)16-44-18(22)2;8-5-1-3-9-6-2-4-10-7(5)6;1-3-2/h4-9,17-18,21-22,36H,10-16H2,1-3H3,(H,30,37)(H,31,38)(H,32,42)(H,33,39);1-4,10H,(H2,8,9);3H2,1-2H3/t17?,18-,21+,22?;;/m0../s1. The van der Waals surface area contributed by atoms with Crippen molar-refractivity contribution in [1.29, 1.82) is 0 Å². The Morgan fingerprint density at radius 3 is 2.38 bits per heavy atom. The maximum absolute atomic E-state index is 12.5. The van der Waals surface area contributed by atoms with E-state index in [1.165, 1.54) is 20.4 Å². The van der Waals surface area contributed by atoms with E-state index >= 15 is 0 Å². The van der Waals surface area contributed by atoms with E-state index in [2.05, 4.69) is 45.1 Å². The van der Waals surface area contributed by atoms with Crippen LogP contribution in [0, 0.1) is 0 Å². The predicted molar refractivity (Wildman–Crippen MR) is 213 cm³/mol. The van der Waals surface area contributed by atoms with Crippen LogP contribution in [0.5, 0.6) is 0 Å². The Balaban J connectivity index is 0.000000582. The van der Waals surface area contributed by atoms with Crippen molar-refractivity contribution in [2.24, 2.45) is 0 Å². The number of aromatic nitrogens is 2. The van der Waals surface area contributed by atoms with Crippen LogP contribution in [0.1, 0.15) is 52.5 Å². The first-order valence-corrected chi connectivity index (χ1v) is 18.8. The van der Waals surface area contributed by atoms with Gasteiger partial charge in [-0.2, -0.15) is 0 Å². The number of pyridine rings is 1. The molecule has 7 amide bonds. The third-order valence-corrected chi connectivity index (χ3v) is 8.43. The van der Waals surface area contributed by atoms with Crippen LogP contribution >= 0.6 is 0 Å². The first-order valence-electron chi connectivity index (χ1n) is 18.8. The number of aliphatic hydroxyl groups excluding tert-OH is 1. The maximum Gasteiger partial charge on any atom is 0.410 e. The van der Waals surface area contributed by atoms with Gasteiger partial charge in [-0.3, -0.25) is 38.7 Å². The fraction of sp³-hybridized carbons (Fsp3) is 0.436. The fourth-order valence-electron chi connectivity index (χ4n) is 5.30. The lowest BCUT2D eigenvalue weighted by atomic mass is 10.0. The zero-order valence-electron chi connectivity index (χ0n) is 33.3. The molecular formula is C39H53N9O10. The Bertz CT molecular complexity index is 1900. The van der Waals surface area contributed by atoms with Crippen LogP contribution in [-0.2, 0) is 44.8 Å². The number of nitrogens with one attached hydrogen (secondary N) is 5. The van der Waals surface area contributed by atoms with Gasteiger partial charge in [-0.05, 0) is 50.1 Å². The SMILES string of the molecule is CC(NC(=O)CNC(=O)CCN1C(=O)C=CC1=O)C(=O)Nc1ccc(COC(=O)N(C)CC(=O)NC2C[C@@H](O)CO[C@H]2C)cc1.CCC.Nc1ccnc2cc[nH]c12. The number of imide groups is 1. The Labute approximate surface area is 336 Å². The van der Waals surface area contributed by atoms with Crippen LogP contribution in [0.3, 0.4) is 0 Å². The Morgan fingerprint density at radius 1 is 1.05 bits per heavy atom. The van der Waals surface area contributed by atoms with Crippen LogP contribution in [0.15, 0.2) is 60.9 Å². The van der Waals surface area contributed by atoms with E-state index in [0.29, 0.717) is 17.7 Å². The molecule has 314 valence electrons. The highest BCUT2D eigenvalue weighted by molar-refractivity contribution is 6.13. The van der Waals surface area contributed by atoms with Crippen LogP contribution in [0.4, 0.5) is 16.2 Å². The number of hydrogen-bond donors (Lipinski definition) is 7. The molecule has 4 heterocycles. The minimum absolute atomic E-state index is 0.0849. The first kappa shape index (κ1) is 46.0. The molecule has 0 radical (unpaired) electrons. The number of anilines is 2. The van der Waals surface area contributed by atoms with Gasteiger partial charge < -0.3 is 51.5 Å². The average Bonchev–Trinajstić information content (AvgIpc) is 3.80. The molecule has 3 aromatic rings. The van der Waals surface area contributed by atoms with Crippen molar-refractivity contribution in [3.8, 4) is 0 Å². The lowest BCUT2D eigenvalue weighted by Gasteiger charge is -2.33. The molecule has 0 saturated carbocycles. The van der Waals surface area contributed by atoms with Crippen molar-refractivity contribution in [2.45, 2.75) is 77.9 Å². The number of aliphatic hydroxyl groups is 1. The molecule has 1 saturated heterocycles. The number of fused-ring (bicyclic) bond motifs is 1. The molecule has 58 heavy (non-hydrogen) atoms. The normalized spacial score (nSPS) is 17.5.